The van der Waals surface area contributed by atoms with Gasteiger partial charge in [-0.25, -0.2) is 0 Å². The summed E-state index contributed by atoms with van der Waals surface area (Å²) < 4.78 is 0. The van der Waals surface area contributed by atoms with E-state index in [0.29, 0.717) is 26.9 Å². The molecule has 0 bridgehead atoms. The summed E-state index contributed by atoms with van der Waals surface area (Å²) in [4.78, 5) is 14.4. The molecule has 3 nitrogen and oxygen atoms in total. The zero-order valence-corrected chi connectivity index (χ0v) is 10.2. The Morgan fingerprint density at radius 3 is 2.53 bits per heavy atom. The normalized spacial score (nSPS) is 10.5. The number of benzene rings is 1. The van der Waals surface area contributed by atoms with Crippen LogP contribution >= 0.6 is 23.2 Å². The molecule has 1 aromatic carbocycles. The molecule has 0 amide bonds. The molecule has 2 N–H and O–H groups in total. The van der Waals surface area contributed by atoms with E-state index < -0.39 is 0 Å². The van der Waals surface area contributed by atoms with Gasteiger partial charge in [-0.15, -0.1) is 0 Å². The summed E-state index contributed by atoms with van der Waals surface area (Å²) in [7, 11) is 0. The Labute approximate surface area is 108 Å². The maximum atomic E-state index is 11.8. The zero-order chi connectivity index (χ0) is 12.4. The van der Waals surface area contributed by atoms with E-state index in [1.807, 2.05) is 0 Å². The van der Waals surface area contributed by atoms with Crippen LogP contribution in [0.2, 0.25) is 10.0 Å². The van der Waals surface area contributed by atoms with Crippen molar-refractivity contribution in [1.82, 2.24) is 4.98 Å². The van der Waals surface area contributed by atoms with Crippen molar-refractivity contribution in [2.45, 2.75) is 6.61 Å². The van der Waals surface area contributed by atoms with E-state index in [9.17, 15) is 4.79 Å². The van der Waals surface area contributed by atoms with Gasteiger partial charge in [0, 0.05) is 26.9 Å². The number of halogens is 2. The van der Waals surface area contributed by atoms with Gasteiger partial charge in [-0.1, -0.05) is 23.2 Å². The van der Waals surface area contributed by atoms with Gasteiger partial charge in [-0.3, -0.25) is 4.79 Å². The second kappa shape index (κ2) is 4.92. The van der Waals surface area contributed by atoms with Gasteiger partial charge < -0.3 is 10.1 Å². The van der Waals surface area contributed by atoms with Crippen LogP contribution in [0.1, 0.15) is 5.69 Å². The van der Waals surface area contributed by atoms with Crippen molar-refractivity contribution >= 4 is 23.2 Å². The fourth-order valence-corrected chi connectivity index (χ4v) is 1.91. The minimum Gasteiger partial charge on any atom is -0.390 e. The summed E-state index contributed by atoms with van der Waals surface area (Å²) in [5.41, 5.74) is 1.15. The van der Waals surface area contributed by atoms with Crippen LogP contribution < -0.4 is 5.56 Å². The summed E-state index contributed by atoms with van der Waals surface area (Å²) in [6.07, 6.45) is 0. The molecule has 0 fully saturated rings. The highest BCUT2D eigenvalue weighted by Gasteiger charge is 2.08. The quantitative estimate of drug-likeness (QED) is 0.881. The van der Waals surface area contributed by atoms with Crippen molar-refractivity contribution in [3.05, 3.63) is 56.4 Å². The second-order valence-corrected chi connectivity index (χ2v) is 4.35. The molecule has 0 unspecified atom stereocenters. The predicted octanol–water partition coefficient (Wildman–Crippen LogP) is 2.84. The molecular weight excluding hydrogens is 261 g/mol. The molecule has 88 valence electrons. The molecule has 0 aliphatic heterocycles. The van der Waals surface area contributed by atoms with Crippen LogP contribution in [0, 0.1) is 0 Å². The number of hydrogen-bond acceptors (Lipinski definition) is 2. The Morgan fingerprint density at radius 1 is 1.12 bits per heavy atom. The van der Waals surface area contributed by atoms with Gasteiger partial charge in [0.2, 0.25) is 0 Å². The van der Waals surface area contributed by atoms with Crippen LogP contribution in [0.25, 0.3) is 11.1 Å². The summed E-state index contributed by atoms with van der Waals surface area (Å²) in [5, 5.41) is 9.87. The molecule has 0 saturated carbocycles. The maximum Gasteiger partial charge on any atom is 0.256 e. The van der Waals surface area contributed by atoms with Crippen LogP contribution in [0.3, 0.4) is 0 Å². The van der Waals surface area contributed by atoms with Crippen LogP contribution in [0.4, 0.5) is 0 Å². The van der Waals surface area contributed by atoms with Gasteiger partial charge in [-0.2, -0.15) is 0 Å². The Bertz CT molecular complexity index is 608. The topological polar surface area (TPSA) is 53.1 Å². The molecular formula is C12H9Cl2NO2. The molecule has 1 aromatic heterocycles. The molecule has 0 radical (unpaired) electrons. The standard InChI is InChI=1S/C12H9Cl2NO2/c13-7-1-4-11(14)10(5-7)9-3-2-8(6-16)15-12(9)17/h1-5,16H,6H2,(H,15,17). The molecule has 5 heteroatoms. The SMILES string of the molecule is O=c1[nH]c(CO)ccc1-c1cc(Cl)ccc1Cl. The molecule has 0 spiro atoms. The van der Waals surface area contributed by atoms with Crippen LogP contribution in [-0.4, -0.2) is 10.1 Å². The molecule has 1 heterocycles. The van der Waals surface area contributed by atoms with Gasteiger partial charge >= 0.3 is 0 Å². The first-order chi connectivity index (χ1) is 8.11. The predicted molar refractivity (Wildman–Crippen MR) is 68.4 cm³/mol. The Balaban J connectivity index is 2.61. The summed E-state index contributed by atoms with van der Waals surface area (Å²) >= 11 is 11.9. The lowest BCUT2D eigenvalue weighted by atomic mass is 10.1. The number of nitrogens with one attached hydrogen (secondary N) is 1. The third kappa shape index (κ3) is 2.52. The lowest BCUT2D eigenvalue weighted by Gasteiger charge is -2.05. The Kier molecular flexibility index (Phi) is 3.52. The van der Waals surface area contributed by atoms with Crippen molar-refractivity contribution < 1.29 is 5.11 Å². The fraction of sp³-hybridized carbons (Fsp3) is 0.0833. The number of rotatable bonds is 2. The highest BCUT2D eigenvalue weighted by atomic mass is 35.5. The zero-order valence-electron chi connectivity index (χ0n) is 8.71. The van der Waals surface area contributed by atoms with E-state index in [-0.39, 0.29) is 12.2 Å². The first-order valence-corrected chi connectivity index (χ1v) is 5.66. The van der Waals surface area contributed by atoms with E-state index in [0.717, 1.165) is 0 Å². The molecule has 0 atom stereocenters. The molecule has 17 heavy (non-hydrogen) atoms. The smallest absolute Gasteiger partial charge is 0.256 e. The lowest BCUT2D eigenvalue weighted by Crippen LogP contribution is -2.11. The highest BCUT2D eigenvalue weighted by Crippen LogP contribution is 2.28. The number of aromatic nitrogens is 1. The number of aliphatic hydroxyl groups excluding tert-OH is 1. The molecule has 0 aliphatic carbocycles. The highest BCUT2D eigenvalue weighted by molar-refractivity contribution is 6.35. The van der Waals surface area contributed by atoms with E-state index >= 15 is 0 Å². The monoisotopic (exact) mass is 269 g/mol. The van der Waals surface area contributed by atoms with Gasteiger partial charge in [0.05, 0.1) is 6.61 Å². The van der Waals surface area contributed by atoms with E-state index in [4.69, 9.17) is 28.3 Å². The number of aliphatic hydroxyl groups is 1. The minimum absolute atomic E-state index is 0.210. The van der Waals surface area contributed by atoms with Crippen molar-refractivity contribution in [2.24, 2.45) is 0 Å². The third-order valence-electron chi connectivity index (χ3n) is 2.36. The number of hydrogen-bond donors (Lipinski definition) is 2. The van der Waals surface area contributed by atoms with Crippen molar-refractivity contribution in [1.29, 1.82) is 0 Å². The lowest BCUT2D eigenvalue weighted by molar-refractivity contribution is 0.276. The number of pyridine rings is 1. The Morgan fingerprint density at radius 2 is 1.88 bits per heavy atom. The minimum atomic E-state index is -0.305. The van der Waals surface area contributed by atoms with Gasteiger partial charge in [-0.05, 0) is 30.3 Å². The first-order valence-electron chi connectivity index (χ1n) is 4.90. The average molecular weight is 270 g/mol. The summed E-state index contributed by atoms with van der Waals surface area (Å²) in [6.45, 7) is -0.210. The summed E-state index contributed by atoms with van der Waals surface area (Å²) in [5.74, 6) is 0. The van der Waals surface area contributed by atoms with Crippen LogP contribution in [0.5, 0.6) is 0 Å². The molecule has 0 aliphatic rings. The first kappa shape index (κ1) is 12.2. The van der Waals surface area contributed by atoms with E-state index in [1.54, 1.807) is 30.3 Å². The van der Waals surface area contributed by atoms with Crippen molar-refractivity contribution in [3.8, 4) is 11.1 Å². The van der Waals surface area contributed by atoms with Gasteiger partial charge in [0.25, 0.3) is 5.56 Å². The molecule has 2 aromatic rings. The van der Waals surface area contributed by atoms with Gasteiger partial charge in [0.1, 0.15) is 0 Å². The van der Waals surface area contributed by atoms with Crippen molar-refractivity contribution in [2.75, 3.05) is 0 Å². The van der Waals surface area contributed by atoms with E-state index in [1.165, 1.54) is 0 Å². The van der Waals surface area contributed by atoms with Gasteiger partial charge in [0.15, 0.2) is 0 Å². The Hall–Kier alpha value is -1.29. The number of H-pyrrole nitrogens is 1. The fourth-order valence-electron chi connectivity index (χ4n) is 1.52. The molecule has 0 saturated heterocycles. The number of aromatic amines is 1. The summed E-state index contributed by atoms with van der Waals surface area (Å²) in [6, 6.07) is 8.17. The molecule has 2 rings (SSSR count). The van der Waals surface area contributed by atoms with Crippen LogP contribution in [0.15, 0.2) is 35.1 Å². The average Bonchev–Trinajstić information content (AvgIpc) is 2.32. The van der Waals surface area contributed by atoms with E-state index in [2.05, 4.69) is 4.98 Å². The maximum absolute atomic E-state index is 11.8. The third-order valence-corrected chi connectivity index (χ3v) is 2.92. The van der Waals surface area contributed by atoms with Crippen molar-refractivity contribution in [3.63, 3.8) is 0 Å². The second-order valence-electron chi connectivity index (χ2n) is 3.51. The van der Waals surface area contributed by atoms with Crippen LogP contribution in [-0.2, 0) is 6.61 Å². The largest absolute Gasteiger partial charge is 0.390 e.